The van der Waals surface area contributed by atoms with Gasteiger partial charge in [-0.15, -0.1) is 5.16 Å². The lowest BCUT2D eigenvalue weighted by molar-refractivity contribution is -0.271. The third-order valence-corrected chi connectivity index (χ3v) is 13.5. The molecule has 5 aliphatic heterocycles. The number of aliphatic carboxylic acids is 1. The number of benzene rings is 3. The molecule has 6 N–H and O–H groups in total. The smallest absolute Gasteiger partial charge is 0.416 e. The summed E-state index contributed by atoms with van der Waals surface area (Å²) in [5.74, 6) is -2.15. The highest BCUT2D eigenvalue weighted by molar-refractivity contribution is 6.06. The van der Waals surface area contributed by atoms with Crippen LogP contribution in [0.4, 0.5) is 16.2 Å². The van der Waals surface area contributed by atoms with Crippen LogP contribution >= 0.6 is 0 Å². The van der Waals surface area contributed by atoms with Gasteiger partial charge in [0.1, 0.15) is 37.3 Å². The lowest BCUT2D eigenvalue weighted by Crippen LogP contribution is -2.61. The number of rotatable bonds is 23. The minimum Gasteiger partial charge on any atom is -0.493 e. The number of oxime groups is 1. The van der Waals surface area contributed by atoms with Gasteiger partial charge in [0.15, 0.2) is 35.3 Å². The molecular weight excluding hydrogens is 1020 g/mol. The van der Waals surface area contributed by atoms with E-state index in [9.17, 15) is 49.5 Å². The van der Waals surface area contributed by atoms with E-state index in [1.807, 2.05) is 0 Å². The van der Waals surface area contributed by atoms with Gasteiger partial charge in [0.25, 0.3) is 17.7 Å². The largest absolute Gasteiger partial charge is 0.493 e. The Hall–Kier alpha value is -7.81. The lowest BCUT2D eigenvalue weighted by Gasteiger charge is -2.38. The van der Waals surface area contributed by atoms with Gasteiger partial charge in [-0.3, -0.25) is 19.4 Å². The molecule has 8 atom stereocenters. The number of nitrogens with zero attached hydrogens (tertiary/aromatic N) is 5. The molecule has 25 nitrogen and oxygen atoms in total. The first-order valence-electron chi connectivity index (χ1n) is 25.0. The molecule has 0 radical (unpaired) electrons. The van der Waals surface area contributed by atoms with E-state index in [2.05, 4.69) is 35.3 Å². The Balaban J connectivity index is 0.954. The first kappa shape index (κ1) is 56.4. The maximum Gasteiger partial charge on any atom is 0.416 e. The first-order valence-corrected chi connectivity index (χ1v) is 25.0. The zero-order valence-electron chi connectivity index (χ0n) is 42.9. The summed E-state index contributed by atoms with van der Waals surface area (Å²) < 4.78 is 45.8. The molecular formula is C53H62N6O19. The fourth-order valence-corrected chi connectivity index (χ4v) is 9.57. The van der Waals surface area contributed by atoms with Crippen molar-refractivity contribution in [2.24, 2.45) is 10.1 Å². The number of carbonyl (C=O) groups is 5. The van der Waals surface area contributed by atoms with Crippen molar-refractivity contribution in [3.63, 3.8) is 0 Å². The second-order valence-electron chi connectivity index (χ2n) is 18.8. The summed E-state index contributed by atoms with van der Waals surface area (Å²) >= 11 is 0. The molecule has 78 heavy (non-hydrogen) atoms. The Labute approximate surface area is 447 Å². The minimum atomic E-state index is -2.01. The van der Waals surface area contributed by atoms with Crippen LogP contribution < -0.4 is 33.9 Å². The highest BCUT2D eigenvalue weighted by Crippen LogP contribution is 2.43. The molecule has 0 saturated carbocycles. The van der Waals surface area contributed by atoms with Crippen LogP contribution in [0.3, 0.4) is 0 Å². The highest BCUT2D eigenvalue weighted by atomic mass is 16.7. The number of aliphatic hydroxyl groups excluding tert-OH is 4. The molecule has 25 heteroatoms. The number of aliphatic imine (C=N–C) groups is 1. The van der Waals surface area contributed by atoms with E-state index in [1.54, 1.807) is 23.2 Å². The Morgan fingerprint density at radius 2 is 1.46 bits per heavy atom. The monoisotopic (exact) mass is 1090 g/mol. The van der Waals surface area contributed by atoms with Crippen molar-refractivity contribution in [1.82, 2.24) is 15.1 Å². The summed E-state index contributed by atoms with van der Waals surface area (Å²) in [6.07, 6.45) is -8.18. The standard InChI is InChI=1S/C53H62N6O19/c1-28-17-31-24-56-35-22-41(39(70-4)20-32(35)48(64)57(31)25-28)73-12-7-6-8-13-74-42-23-36-33(21-40(42)71-5)49(65)58-26-29(2)18-37(58)50(66)59(36)53(69)75-27-30-9-10-38(34(19-30)47(63)55-11-14-72-15-16-76-54-3)77-52-45(62)43(60)44(61)46(78-52)51(67)68/h9-10,19-24,31,37,43-46,50,52,60-62,66H,1-3,6-8,11-18,25-27H2,4-5H3,(H,55,63)(H,67,68)/t31-,37-,43-,44-,45+,46-,50?,52+/m0/s1. The predicted octanol–water partition coefficient (Wildman–Crippen LogP) is 2.71. The summed E-state index contributed by atoms with van der Waals surface area (Å²) in [5.41, 5.74) is 2.46. The average Bonchev–Trinajstić information content (AvgIpc) is 3.98. The number of nitrogens with one attached hydrogen (secondary N) is 1. The Morgan fingerprint density at radius 3 is 2.17 bits per heavy atom. The SMILES string of the molecule is C=NOCCOCCNC(=O)c1cc(COC(=O)N2c3cc(OCCCCCOc4cc5c(cc4OC)C(=O)N4CC(=C)C[C@H]4C=N5)c(OC)cc3C(=O)N3CC(=C)C[C@H]3C2O)ccc1O[C@@H]1O[C@H](C(=O)O)[C@@H](O)[C@H](O)[C@H]1O. The van der Waals surface area contributed by atoms with Gasteiger partial charge in [-0.05, 0) is 61.9 Å². The molecule has 0 aliphatic carbocycles. The van der Waals surface area contributed by atoms with E-state index in [0.717, 1.165) is 10.5 Å². The van der Waals surface area contributed by atoms with Crippen molar-refractivity contribution in [3.05, 3.63) is 89.0 Å². The number of anilines is 1. The number of methoxy groups -OCH3 is 2. The van der Waals surface area contributed by atoms with Crippen LogP contribution in [0.2, 0.25) is 0 Å². The molecule has 0 spiro atoms. The number of carboxylic acid groups (broad SMARTS) is 1. The van der Waals surface area contributed by atoms with Crippen molar-refractivity contribution >= 4 is 54.1 Å². The van der Waals surface area contributed by atoms with Crippen LogP contribution in [-0.4, -0.2) is 194 Å². The van der Waals surface area contributed by atoms with Gasteiger partial charge in [-0.2, -0.15) is 0 Å². The first-order chi connectivity index (χ1) is 37.5. The van der Waals surface area contributed by atoms with E-state index in [1.165, 1.54) is 49.5 Å². The van der Waals surface area contributed by atoms with Gasteiger partial charge >= 0.3 is 12.1 Å². The van der Waals surface area contributed by atoms with Crippen LogP contribution in [0, 0.1) is 0 Å². The molecule has 8 rings (SSSR count). The number of amides is 4. The number of carboxylic acids is 1. The average molecular weight is 1090 g/mol. The van der Waals surface area contributed by atoms with Crippen LogP contribution in [0.5, 0.6) is 28.7 Å². The summed E-state index contributed by atoms with van der Waals surface area (Å²) in [4.78, 5) is 81.0. The molecule has 3 aromatic rings. The third-order valence-electron chi connectivity index (χ3n) is 13.5. The summed E-state index contributed by atoms with van der Waals surface area (Å²) in [6, 6.07) is 9.04. The van der Waals surface area contributed by atoms with Crippen LogP contribution in [0.15, 0.2) is 76.9 Å². The summed E-state index contributed by atoms with van der Waals surface area (Å²) in [5, 5.41) is 58.8. The number of carbonyl (C=O) groups excluding carboxylic acids is 4. The zero-order chi connectivity index (χ0) is 55.8. The normalized spacial score (nSPS) is 23.3. The van der Waals surface area contributed by atoms with Crippen molar-refractivity contribution in [3.8, 4) is 28.7 Å². The van der Waals surface area contributed by atoms with E-state index < -0.39 is 73.5 Å². The molecule has 418 valence electrons. The molecule has 3 aromatic carbocycles. The van der Waals surface area contributed by atoms with Crippen LogP contribution in [0.1, 0.15) is 68.7 Å². The maximum atomic E-state index is 14.4. The van der Waals surface area contributed by atoms with E-state index >= 15 is 0 Å². The maximum absolute atomic E-state index is 14.4. The number of unbranched alkanes of at least 4 members (excludes halogenated alkanes) is 2. The number of aliphatic hydroxyl groups is 4. The Bertz CT molecular complexity index is 2830. The third kappa shape index (κ3) is 12.3. The Morgan fingerprint density at radius 1 is 0.782 bits per heavy atom. The number of hydrogen-bond acceptors (Lipinski definition) is 20. The fraction of sp³-hybridized carbons (Fsp3) is 0.453. The zero-order valence-corrected chi connectivity index (χ0v) is 42.9. The minimum absolute atomic E-state index is 0.00308. The fourth-order valence-electron chi connectivity index (χ4n) is 9.57. The number of ether oxygens (including phenoxy) is 8. The summed E-state index contributed by atoms with van der Waals surface area (Å²) in [7, 11) is 2.90. The van der Waals surface area contributed by atoms with Crippen LogP contribution in [-0.2, 0) is 30.4 Å². The second-order valence-corrected chi connectivity index (χ2v) is 18.8. The highest BCUT2D eigenvalue weighted by Gasteiger charge is 2.49. The van der Waals surface area contributed by atoms with Gasteiger partial charge in [0, 0.05) is 44.7 Å². The molecule has 0 bridgehead atoms. The van der Waals surface area contributed by atoms with E-state index in [4.69, 9.17) is 42.7 Å². The number of fused-ring (bicyclic) bond motifs is 4. The molecule has 4 amide bonds. The van der Waals surface area contributed by atoms with Gasteiger partial charge in [-0.1, -0.05) is 30.4 Å². The molecule has 3 fully saturated rings. The number of hydrogen-bond donors (Lipinski definition) is 6. The van der Waals surface area contributed by atoms with E-state index in [0.29, 0.717) is 67.2 Å². The van der Waals surface area contributed by atoms with Crippen molar-refractivity contribution < 1.29 is 92.2 Å². The molecule has 5 aliphatic rings. The predicted molar refractivity (Wildman–Crippen MR) is 275 cm³/mol. The quantitative estimate of drug-likeness (QED) is 0.0344. The van der Waals surface area contributed by atoms with Gasteiger partial charge in [0.05, 0.1) is 80.8 Å². The second kappa shape index (κ2) is 25.1. The van der Waals surface area contributed by atoms with Crippen molar-refractivity contribution in [2.75, 3.05) is 71.8 Å². The topological polar surface area (TPSA) is 316 Å². The van der Waals surface area contributed by atoms with Gasteiger partial charge in [-0.25, -0.2) is 14.5 Å². The lowest BCUT2D eigenvalue weighted by atomic mass is 9.99. The molecule has 1 unspecified atom stereocenters. The van der Waals surface area contributed by atoms with Crippen molar-refractivity contribution in [1.29, 1.82) is 0 Å². The van der Waals surface area contributed by atoms with Gasteiger partial charge < -0.3 is 83.4 Å². The van der Waals surface area contributed by atoms with Crippen LogP contribution in [0.25, 0.3) is 0 Å². The van der Waals surface area contributed by atoms with Gasteiger partial charge in [0.2, 0.25) is 6.29 Å². The molecule has 5 heterocycles. The Kier molecular flexibility index (Phi) is 18.2. The van der Waals surface area contributed by atoms with E-state index in [-0.39, 0.29) is 97.5 Å². The molecule has 3 saturated heterocycles. The summed E-state index contributed by atoms with van der Waals surface area (Å²) in [6.45, 7) is 12.0. The van der Waals surface area contributed by atoms with Crippen molar-refractivity contribution in [2.45, 2.75) is 87.7 Å². The molecule has 0 aromatic heterocycles.